The van der Waals surface area contributed by atoms with E-state index in [-0.39, 0.29) is 18.5 Å². The van der Waals surface area contributed by atoms with Crippen LogP contribution in [0.5, 0.6) is 11.5 Å². The molecule has 2 aromatic rings. The molecule has 0 aliphatic carbocycles. The third kappa shape index (κ3) is 4.40. The van der Waals surface area contributed by atoms with E-state index in [1.54, 1.807) is 12.1 Å². The van der Waals surface area contributed by atoms with Gasteiger partial charge in [-0.15, -0.1) is 0 Å². The second-order valence-corrected chi connectivity index (χ2v) is 6.16. The summed E-state index contributed by atoms with van der Waals surface area (Å²) in [5, 5.41) is 3.04. The number of halogens is 4. The molecule has 1 aliphatic rings. The highest BCUT2D eigenvalue weighted by Gasteiger charge is 2.30. The number of nitrogens with one attached hydrogen (secondary N) is 1. The fraction of sp³-hybridized carbons (Fsp3) is 0.278. The average Bonchev–Trinajstić information content (AvgIpc) is 2.59. The van der Waals surface area contributed by atoms with Crippen molar-refractivity contribution in [3.05, 3.63) is 58.1 Å². The van der Waals surface area contributed by atoms with Gasteiger partial charge in [0.25, 0.3) is 0 Å². The number of amides is 1. The van der Waals surface area contributed by atoms with E-state index in [1.165, 1.54) is 12.1 Å². The van der Waals surface area contributed by atoms with Gasteiger partial charge in [0.2, 0.25) is 5.91 Å². The van der Waals surface area contributed by atoms with E-state index >= 15 is 0 Å². The summed E-state index contributed by atoms with van der Waals surface area (Å²) in [6, 6.07) is 8.07. The molecule has 0 fully saturated rings. The minimum atomic E-state index is -4.44. The fourth-order valence-electron chi connectivity index (χ4n) is 2.57. The highest BCUT2D eigenvalue weighted by molar-refractivity contribution is 6.32. The van der Waals surface area contributed by atoms with Gasteiger partial charge in [0.05, 0.1) is 17.0 Å². The molecule has 0 saturated carbocycles. The maximum absolute atomic E-state index is 12.7. The average molecular weight is 386 g/mol. The molecule has 0 unspecified atom stereocenters. The minimum absolute atomic E-state index is 0.151. The van der Waals surface area contributed by atoms with Crippen LogP contribution in [0.25, 0.3) is 0 Å². The van der Waals surface area contributed by atoms with Crippen LogP contribution in [-0.4, -0.2) is 19.1 Å². The van der Waals surface area contributed by atoms with Gasteiger partial charge in [-0.2, -0.15) is 13.2 Å². The molecule has 0 bridgehead atoms. The van der Waals surface area contributed by atoms with Crippen LogP contribution < -0.4 is 14.8 Å². The number of carbonyl (C=O) groups excluding carboxylic acids is 1. The highest BCUT2D eigenvalue weighted by Crippen LogP contribution is 2.38. The molecule has 0 spiro atoms. The Morgan fingerprint density at radius 2 is 1.88 bits per heavy atom. The predicted molar refractivity (Wildman–Crippen MR) is 89.4 cm³/mol. The Labute approximate surface area is 152 Å². The van der Waals surface area contributed by atoms with Gasteiger partial charge in [-0.1, -0.05) is 29.8 Å². The first-order valence-electron chi connectivity index (χ1n) is 7.84. The second kappa shape index (κ2) is 7.45. The third-order valence-electron chi connectivity index (χ3n) is 3.77. The Morgan fingerprint density at radius 3 is 2.65 bits per heavy atom. The maximum atomic E-state index is 12.7. The molecule has 1 N–H and O–H groups in total. The number of ether oxygens (including phenoxy) is 2. The SMILES string of the molecule is O=C(Cc1cccc(C(F)(F)F)c1)NCc1cc(Cl)c2c(c1)OCCO2. The summed E-state index contributed by atoms with van der Waals surface area (Å²) in [5.41, 5.74) is 0.218. The first-order valence-corrected chi connectivity index (χ1v) is 8.21. The topological polar surface area (TPSA) is 47.6 Å². The molecule has 1 amide bonds. The van der Waals surface area contributed by atoms with Gasteiger partial charge >= 0.3 is 6.18 Å². The summed E-state index contributed by atoms with van der Waals surface area (Å²) in [6.45, 7) is 1.00. The zero-order chi connectivity index (χ0) is 18.7. The van der Waals surface area contributed by atoms with E-state index in [4.69, 9.17) is 21.1 Å². The van der Waals surface area contributed by atoms with Gasteiger partial charge in [0, 0.05) is 6.54 Å². The molecule has 0 saturated heterocycles. The van der Waals surface area contributed by atoms with Crippen LogP contribution in [0.3, 0.4) is 0 Å². The van der Waals surface area contributed by atoms with Gasteiger partial charge < -0.3 is 14.8 Å². The molecule has 1 aliphatic heterocycles. The predicted octanol–water partition coefficient (Wildman–Crippen LogP) is 3.99. The van der Waals surface area contributed by atoms with Crippen molar-refractivity contribution >= 4 is 17.5 Å². The normalized spacial score (nSPS) is 13.4. The van der Waals surface area contributed by atoms with Gasteiger partial charge in [0.15, 0.2) is 11.5 Å². The molecule has 0 radical (unpaired) electrons. The van der Waals surface area contributed by atoms with Crippen molar-refractivity contribution in [1.82, 2.24) is 5.32 Å². The first-order chi connectivity index (χ1) is 12.3. The van der Waals surface area contributed by atoms with Crippen LogP contribution in [0.1, 0.15) is 16.7 Å². The quantitative estimate of drug-likeness (QED) is 0.865. The van der Waals surface area contributed by atoms with Crippen molar-refractivity contribution in [2.45, 2.75) is 19.1 Å². The smallest absolute Gasteiger partial charge is 0.416 e. The lowest BCUT2D eigenvalue weighted by Crippen LogP contribution is -2.25. The molecule has 1 heterocycles. The Kier molecular flexibility index (Phi) is 5.27. The number of hydrogen-bond acceptors (Lipinski definition) is 3. The number of rotatable bonds is 4. The van der Waals surface area contributed by atoms with Crippen molar-refractivity contribution < 1.29 is 27.4 Å². The molecular weight excluding hydrogens is 371 g/mol. The number of fused-ring (bicyclic) bond motifs is 1. The zero-order valence-corrected chi connectivity index (χ0v) is 14.3. The van der Waals surface area contributed by atoms with Crippen molar-refractivity contribution in [2.75, 3.05) is 13.2 Å². The lowest BCUT2D eigenvalue weighted by atomic mass is 10.1. The van der Waals surface area contributed by atoms with Gasteiger partial charge in [0.1, 0.15) is 13.2 Å². The molecule has 26 heavy (non-hydrogen) atoms. The lowest BCUT2D eigenvalue weighted by molar-refractivity contribution is -0.137. The summed E-state index contributed by atoms with van der Waals surface area (Å²) >= 11 is 6.13. The van der Waals surface area contributed by atoms with Crippen LogP contribution in [0.2, 0.25) is 5.02 Å². The van der Waals surface area contributed by atoms with E-state index in [0.717, 1.165) is 12.1 Å². The second-order valence-electron chi connectivity index (χ2n) is 5.75. The molecule has 0 atom stereocenters. The van der Waals surface area contributed by atoms with Gasteiger partial charge in [-0.25, -0.2) is 0 Å². The minimum Gasteiger partial charge on any atom is -0.486 e. The van der Waals surface area contributed by atoms with Gasteiger partial charge in [-0.3, -0.25) is 4.79 Å². The number of carbonyl (C=O) groups is 1. The molecule has 2 aromatic carbocycles. The van der Waals surface area contributed by atoms with Crippen LogP contribution in [0.15, 0.2) is 36.4 Å². The Bertz CT molecular complexity index is 824. The van der Waals surface area contributed by atoms with E-state index in [9.17, 15) is 18.0 Å². The summed E-state index contributed by atoms with van der Waals surface area (Å²) in [7, 11) is 0. The fourth-order valence-corrected chi connectivity index (χ4v) is 2.86. The molecule has 138 valence electrons. The number of alkyl halides is 3. The Morgan fingerprint density at radius 1 is 1.12 bits per heavy atom. The number of benzene rings is 2. The molecule has 4 nitrogen and oxygen atoms in total. The summed E-state index contributed by atoms with van der Waals surface area (Å²) in [6.07, 6.45) is -4.59. The standard InChI is InChI=1S/C18H15ClF3NO3/c19-14-7-12(8-15-17(14)26-5-4-25-15)10-23-16(24)9-11-2-1-3-13(6-11)18(20,21)22/h1-3,6-8H,4-5,9-10H2,(H,23,24). The van der Waals surface area contributed by atoms with Crippen molar-refractivity contribution in [2.24, 2.45) is 0 Å². The lowest BCUT2D eigenvalue weighted by Gasteiger charge is -2.20. The molecule has 3 rings (SSSR count). The summed E-state index contributed by atoms with van der Waals surface area (Å²) in [4.78, 5) is 12.0. The van der Waals surface area contributed by atoms with E-state index in [0.29, 0.717) is 35.3 Å². The van der Waals surface area contributed by atoms with Crippen molar-refractivity contribution in [3.8, 4) is 11.5 Å². The first kappa shape index (κ1) is 18.4. The van der Waals surface area contributed by atoms with Crippen LogP contribution in [-0.2, 0) is 23.9 Å². The molecule has 0 aromatic heterocycles. The molecular formula is C18H15ClF3NO3. The van der Waals surface area contributed by atoms with Crippen LogP contribution in [0.4, 0.5) is 13.2 Å². The summed E-state index contributed by atoms with van der Waals surface area (Å²) < 4.78 is 49.0. The molecule has 8 heteroatoms. The van der Waals surface area contributed by atoms with Crippen molar-refractivity contribution in [1.29, 1.82) is 0 Å². The number of hydrogen-bond donors (Lipinski definition) is 1. The maximum Gasteiger partial charge on any atom is 0.416 e. The van der Waals surface area contributed by atoms with Crippen LogP contribution in [0, 0.1) is 0 Å². The van der Waals surface area contributed by atoms with E-state index < -0.39 is 17.6 Å². The monoisotopic (exact) mass is 385 g/mol. The largest absolute Gasteiger partial charge is 0.486 e. The summed E-state index contributed by atoms with van der Waals surface area (Å²) in [5.74, 6) is 0.582. The van der Waals surface area contributed by atoms with Gasteiger partial charge in [-0.05, 0) is 29.3 Å². The van der Waals surface area contributed by atoms with Crippen molar-refractivity contribution in [3.63, 3.8) is 0 Å². The Hall–Kier alpha value is -2.41. The zero-order valence-electron chi connectivity index (χ0n) is 13.5. The van der Waals surface area contributed by atoms with Crippen LogP contribution >= 0.6 is 11.6 Å². The Balaban J connectivity index is 1.62. The van der Waals surface area contributed by atoms with E-state index in [2.05, 4.69) is 5.32 Å². The van der Waals surface area contributed by atoms with E-state index in [1.807, 2.05) is 0 Å². The highest BCUT2D eigenvalue weighted by atomic mass is 35.5. The third-order valence-corrected chi connectivity index (χ3v) is 4.05.